The van der Waals surface area contributed by atoms with Crippen LogP contribution in [0.2, 0.25) is 10.0 Å². The van der Waals surface area contributed by atoms with Gasteiger partial charge in [0.25, 0.3) is 11.8 Å². The van der Waals surface area contributed by atoms with Crippen molar-refractivity contribution in [3.05, 3.63) is 98.5 Å². The first kappa shape index (κ1) is 26.0. The summed E-state index contributed by atoms with van der Waals surface area (Å²) in [7, 11) is 1.37. The lowest BCUT2D eigenvalue weighted by atomic mass is 9.87. The molecule has 0 bridgehead atoms. The van der Waals surface area contributed by atoms with Crippen LogP contribution in [0.3, 0.4) is 0 Å². The normalized spacial score (nSPS) is 18.6. The summed E-state index contributed by atoms with van der Waals surface area (Å²) in [5.41, 5.74) is -2.94. The summed E-state index contributed by atoms with van der Waals surface area (Å²) < 4.78 is 21.9. The average molecular weight is 532 g/mol. The number of fused-ring (bicyclic) bond motifs is 1. The first-order valence-corrected chi connectivity index (χ1v) is 11.9. The summed E-state index contributed by atoms with van der Waals surface area (Å²) in [6, 6.07) is 12.2. The molecule has 2 aromatic carbocycles. The molecule has 0 fully saturated rings. The maximum Gasteiger partial charge on any atom is 0.257 e. The van der Waals surface area contributed by atoms with E-state index in [1.807, 2.05) is 0 Å². The monoisotopic (exact) mass is 531 g/mol. The summed E-state index contributed by atoms with van der Waals surface area (Å²) in [5.74, 6) is -2.09. The van der Waals surface area contributed by atoms with Crippen molar-refractivity contribution in [2.75, 3.05) is 13.7 Å². The minimum absolute atomic E-state index is 0.0391. The van der Waals surface area contributed by atoms with Gasteiger partial charge in [-0.2, -0.15) is 0 Å². The smallest absolute Gasteiger partial charge is 0.257 e. The molecule has 4 rings (SSSR count). The lowest BCUT2D eigenvalue weighted by molar-refractivity contribution is -0.138. The van der Waals surface area contributed by atoms with E-state index < -0.39 is 29.0 Å². The van der Waals surface area contributed by atoms with Gasteiger partial charge in [-0.1, -0.05) is 35.3 Å². The van der Waals surface area contributed by atoms with Crippen LogP contribution in [0.15, 0.2) is 54.7 Å². The van der Waals surface area contributed by atoms with Crippen molar-refractivity contribution in [3.8, 4) is 0 Å². The van der Waals surface area contributed by atoms with Crippen LogP contribution in [0.1, 0.15) is 46.6 Å². The van der Waals surface area contributed by atoms with Crippen LogP contribution >= 0.6 is 23.2 Å². The summed E-state index contributed by atoms with van der Waals surface area (Å²) in [6.07, 6.45) is 1.45. The third kappa shape index (κ3) is 4.24. The molecule has 2 N–H and O–H groups in total. The number of nitrogens with zero attached hydrogens (tertiary/aromatic N) is 2. The largest absolute Gasteiger partial charge is 0.376 e. The predicted molar refractivity (Wildman–Crippen MR) is 133 cm³/mol. The van der Waals surface area contributed by atoms with E-state index in [1.54, 1.807) is 43.3 Å². The zero-order chi connectivity index (χ0) is 26.3. The molecule has 1 aromatic heterocycles. The molecule has 0 radical (unpaired) electrons. The Balaban J connectivity index is 1.94. The van der Waals surface area contributed by atoms with E-state index in [9.17, 15) is 14.7 Å². The Morgan fingerprint density at radius 1 is 1.19 bits per heavy atom. The number of aliphatic hydroxyl groups is 1. The molecule has 0 spiro atoms. The predicted octanol–water partition coefficient (Wildman–Crippen LogP) is 4.37. The van der Waals surface area contributed by atoms with Gasteiger partial charge >= 0.3 is 0 Å². The topological polar surface area (TPSA) is 91.8 Å². The number of aromatic nitrogens is 1. The minimum Gasteiger partial charge on any atom is -0.376 e. The molecular weight excluding hydrogens is 508 g/mol. The Hall–Kier alpha value is -3.04. The number of hydrogen-bond acceptors (Lipinski definition) is 5. The van der Waals surface area contributed by atoms with Crippen molar-refractivity contribution in [1.29, 1.82) is 0 Å². The fourth-order valence-electron chi connectivity index (χ4n) is 4.44. The van der Waals surface area contributed by atoms with E-state index in [0.29, 0.717) is 21.3 Å². The molecule has 3 aromatic rings. The van der Waals surface area contributed by atoms with E-state index in [4.69, 9.17) is 27.9 Å². The van der Waals surface area contributed by atoms with Gasteiger partial charge in [0, 0.05) is 30.4 Å². The Kier molecular flexibility index (Phi) is 7.07. The number of halogens is 3. The third-order valence-corrected chi connectivity index (χ3v) is 6.74. The fourth-order valence-corrected chi connectivity index (χ4v) is 4.68. The molecular formula is C26H24Cl2FN3O4. The molecule has 2 amide bonds. The van der Waals surface area contributed by atoms with Crippen molar-refractivity contribution >= 4 is 35.0 Å². The second-order valence-corrected chi connectivity index (χ2v) is 9.40. The number of carbonyl (C=O) groups is 2. The van der Waals surface area contributed by atoms with E-state index in [1.165, 1.54) is 31.2 Å². The van der Waals surface area contributed by atoms with E-state index in [0.717, 1.165) is 6.07 Å². The highest BCUT2D eigenvalue weighted by Crippen LogP contribution is 2.48. The van der Waals surface area contributed by atoms with Crippen LogP contribution in [-0.2, 0) is 27.4 Å². The molecule has 188 valence electrons. The second kappa shape index (κ2) is 9.78. The minimum atomic E-state index is -2.08. The van der Waals surface area contributed by atoms with Gasteiger partial charge in [-0.25, -0.2) is 4.39 Å². The molecule has 1 aliphatic rings. The molecule has 1 unspecified atom stereocenters. The number of pyridine rings is 1. The first-order valence-electron chi connectivity index (χ1n) is 11.1. The Bertz CT molecular complexity index is 1320. The highest BCUT2D eigenvalue weighted by atomic mass is 35.5. The zero-order valence-electron chi connectivity index (χ0n) is 19.8. The number of likely N-dealkylation sites (N-methyl/N-ethyl adjacent to an activating group) is 1. The molecule has 0 saturated heterocycles. The number of benzene rings is 2. The van der Waals surface area contributed by atoms with Gasteiger partial charge in [0.15, 0.2) is 11.3 Å². The molecule has 0 aliphatic carbocycles. The highest BCUT2D eigenvalue weighted by molar-refractivity contribution is 6.30. The van der Waals surface area contributed by atoms with Crippen LogP contribution in [0.4, 0.5) is 4.39 Å². The Morgan fingerprint density at radius 3 is 2.44 bits per heavy atom. The van der Waals surface area contributed by atoms with Crippen LogP contribution in [0.25, 0.3) is 0 Å². The number of carbonyl (C=O) groups excluding carboxylic acids is 2. The van der Waals surface area contributed by atoms with Gasteiger partial charge in [0.1, 0.15) is 5.82 Å². The molecule has 36 heavy (non-hydrogen) atoms. The summed E-state index contributed by atoms with van der Waals surface area (Å²) in [6.45, 7) is 3.18. The highest BCUT2D eigenvalue weighted by Gasteiger charge is 2.54. The number of methoxy groups -OCH3 is 1. The lowest BCUT2D eigenvalue weighted by Crippen LogP contribution is -2.46. The summed E-state index contributed by atoms with van der Waals surface area (Å²) in [4.78, 5) is 32.0. The van der Waals surface area contributed by atoms with Crippen LogP contribution < -0.4 is 5.32 Å². The molecule has 0 saturated carbocycles. The third-order valence-electron chi connectivity index (χ3n) is 6.27. The summed E-state index contributed by atoms with van der Waals surface area (Å²) in [5, 5.41) is 14.3. The van der Waals surface area contributed by atoms with Crippen molar-refractivity contribution in [3.63, 3.8) is 0 Å². The van der Waals surface area contributed by atoms with Gasteiger partial charge in [-0.05, 0) is 55.8 Å². The van der Waals surface area contributed by atoms with Crippen LogP contribution in [-0.4, -0.2) is 40.5 Å². The van der Waals surface area contributed by atoms with Gasteiger partial charge in [0.05, 0.1) is 28.4 Å². The van der Waals surface area contributed by atoms with Gasteiger partial charge in [-0.15, -0.1) is 0 Å². The number of amides is 2. The number of hydrogen-bond donors (Lipinski definition) is 2. The first-order chi connectivity index (χ1) is 17.1. The lowest BCUT2D eigenvalue weighted by Gasteiger charge is -2.38. The molecule has 2 atom stereocenters. The molecule has 2 heterocycles. The Morgan fingerprint density at radius 2 is 1.86 bits per heavy atom. The maximum atomic E-state index is 16.0. The standard InChI is InChI=1S/C26H24Cl2FN3O4/c1-4-30-24(34)25(2,35)16-11-20-22(21(29)12-16)26(36-3,15-5-7-17(27)8-6-15)32(23(20)33)14-19-10-9-18(28)13-31-19/h5-13,35H,4,14H2,1-3H3,(H,30,34)/t25?,26-/m1/s1. The number of nitrogens with one attached hydrogen (secondary N) is 1. The van der Waals surface area contributed by atoms with Crippen molar-refractivity contribution in [1.82, 2.24) is 15.2 Å². The van der Waals surface area contributed by atoms with E-state index in [2.05, 4.69) is 10.3 Å². The average Bonchev–Trinajstić information content (AvgIpc) is 3.09. The number of rotatable bonds is 7. The SMILES string of the molecule is CCNC(=O)C(C)(O)c1cc(F)c2c(c1)C(=O)N(Cc1ccc(Cl)cn1)[C@@]2(OC)c1ccc(Cl)cc1. The van der Waals surface area contributed by atoms with Gasteiger partial charge < -0.3 is 15.2 Å². The molecule has 7 nitrogen and oxygen atoms in total. The fraction of sp³-hybridized carbons (Fsp3) is 0.269. The molecule has 10 heteroatoms. The molecule has 1 aliphatic heterocycles. The second-order valence-electron chi connectivity index (χ2n) is 8.53. The number of ether oxygens (including phenoxy) is 1. The van der Waals surface area contributed by atoms with Crippen molar-refractivity contribution in [2.45, 2.75) is 31.7 Å². The van der Waals surface area contributed by atoms with E-state index >= 15 is 4.39 Å². The quantitative estimate of drug-likeness (QED) is 0.472. The van der Waals surface area contributed by atoms with Crippen molar-refractivity contribution in [2.24, 2.45) is 0 Å². The van der Waals surface area contributed by atoms with Crippen molar-refractivity contribution < 1.29 is 23.8 Å². The maximum absolute atomic E-state index is 16.0. The zero-order valence-corrected chi connectivity index (χ0v) is 21.3. The van der Waals surface area contributed by atoms with E-state index in [-0.39, 0.29) is 29.8 Å². The summed E-state index contributed by atoms with van der Waals surface area (Å²) >= 11 is 12.1. The van der Waals surface area contributed by atoms with Crippen LogP contribution in [0.5, 0.6) is 0 Å². The van der Waals surface area contributed by atoms with Crippen LogP contribution in [0, 0.1) is 5.82 Å². The van der Waals surface area contributed by atoms with Gasteiger partial charge in [0.2, 0.25) is 0 Å². The Labute approximate surface area is 217 Å². The van der Waals surface area contributed by atoms with Gasteiger partial charge in [-0.3, -0.25) is 19.5 Å².